The molecule has 0 radical (unpaired) electrons. The summed E-state index contributed by atoms with van der Waals surface area (Å²) >= 11 is 0. The smallest absolute Gasteiger partial charge is 0.0287 e. The lowest BCUT2D eigenvalue weighted by Crippen LogP contribution is -2.17. The molecule has 62 valence electrons. The minimum absolute atomic E-state index is 0.881. The minimum atomic E-state index is 0.881. The summed E-state index contributed by atoms with van der Waals surface area (Å²) in [5.74, 6) is 0.881. The Morgan fingerprint density at radius 3 is 2.91 bits per heavy atom. The number of hydrogen-bond donors (Lipinski definition) is 0. The number of hydrogen-bond acceptors (Lipinski definition) is 1. The van der Waals surface area contributed by atoms with Crippen molar-refractivity contribution in [2.24, 2.45) is 5.92 Å². The monoisotopic (exact) mass is 151 g/mol. The highest BCUT2D eigenvalue weighted by molar-refractivity contribution is 5.11. The molecule has 0 aromatic heterocycles. The Morgan fingerprint density at radius 2 is 2.45 bits per heavy atom. The molecule has 0 bridgehead atoms. The topological polar surface area (TPSA) is 3.24 Å². The van der Waals surface area contributed by atoms with Crippen LogP contribution in [0.25, 0.3) is 0 Å². The Bertz CT molecular complexity index is 160. The quantitative estimate of drug-likeness (QED) is 0.560. The fraction of sp³-hybridized carbons (Fsp3) is 0.600. The molecule has 1 nitrogen and oxygen atoms in total. The van der Waals surface area contributed by atoms with E-state index in [-0.39, 0.29) is 0 Å². The third-order valence-electron chi connectivity index (χ3n) is 2.51. The van der Waals surface area contributed by atoms with E-state index in [9.17, 15) is 0 Å². The number of rotatable bonds is 3. The Hall–Kier alpha value is -0.720. The molecular weight excluding hydrogens is 134 g/mol. The van der Waals surface area contributed by atoms with Crippen molar-refractivity contribution >= 4 is 0 Å². The van der Waals surface area contributed by atoms with Gasteiger partial charge in [-0.1, -0.05) is 26.5 Å². The Kier molecular flexibility index (Phi) is 2.75. The van der Waals surface area contributed by atoms with Crippen LogP contribution in [0.2, 0.25) is 0 Å². The Balaban J connectivity index is 2.41. The van der Waals surface area contributed by atoms with Gasteiger partial charge < -0.3 is 4.90 Å². The van der Waals surface area contributed by atoms with Crippen molar-refractivity contribution in [1.82, 2.24) is 4.90 Å². The average Bonchev–Trinajstić information content (AvgIpc) is 2.50. The van der Waals surface area contributed by atoms with Crippen molar-refractivity contribution in [2.75, 3.05) is 13.1 Å². The van der Waals surface area contributed by atoms with Gasteiger partial charge in [0.2, 0.25) is 0 Å². The first-order chi connectivity index (χ1) is 5.27. The summed E-state index contributed by atoms with van der Waals surface area (Å²) < 4.78 is 0. The molecule has 1 rings (SSSR count). The van der Waals surface area contributed by atoms with E-state index >= 15 is 0 Å². The molecule has 1 heterocycles. The van der Waals surface area contributed by atoms with E-state index in [1.165, 1.54) is 25.9 Å². The van der Waals surface area contributed by atoms with Crippen LogP contribution in [-0.4, -0.2) is 18.0 Å². The maximum absolute atomic E-state index is 3.93. The molecule has 1 heteroatoms. The largest absolute Gasteiger partial charge is 0.372 e. The van der Waals surface area contributed by atoms with Gasteiger partial charge in [-0.2, -0.15) is 0 Å². The highest BCUT2D eigenvalue weighted by atomic mass is 15.2. The summed E-state index contributed by atoms with van der Waals surface area (Å²) in [4.78, 5) is 2.32. The third-order valence-corrected chi connectivity index (χ3v) is 2.51. The van der Waals surface area contributed by atoms with E-state index in [0.717, 1.165) is 11.6 Å². The number of nitrogens with zero attached hydrogens (tertiary/aromatic N) is 1. The van der Waals surface area contributed by atoms with Crippen molar-refractivity contribution < 1.29 is 0 Å². The molecule has 1 aliphatic rings. The molecule has 0 aliphatic carbocycles. The lowest BCUT2D eigenvalue weighted by Gasteiger charge is -2.17. The second-order valence-corrected chi connectivity index (χ2v) is 3.20. The standard InChI is InChI=1S/C10H17N/c1-4-9(3)11-7-6-10(5-2)8-11/h4,10H,1,3,5-8H2,2H3/t10-/m0/s1. The molecule has 1 aliphatic heterocycles. The fourth-order valence-electron chi connectivity index (χ4n) is 1.56. The summed E-state index contributed by atoms with van der Waals surface area (Å²) in [6.45, 7) is 12.3. The molecular formula is C10H17N. The first-order valence-corrected chi connectivity index (χ1v) is 4.34. The second-order valence-electron chi connectivity index (χ2n) is 3.20. The van der Waals surface area contributed by atoms with Gasteiger partial charge in [-0.05, 0) is 18.4 Å². The zero-order valence-corrected chi connectivity index (χ0v) is 7.34. The van der Waals surface area contributed by atoms with Crippen LogP contribution in [0.4, 0.5) is 0 Å². The lowest BCUT2D eigenvalue weighted by atomic mass is 10.1. The summed E-state index contributed by atoms with van der Waals surface area (Å²) in [5, 5.41) is 0. The average molecular weight is 151 g/mol. The molecule has 0 saturated carbocycles. The van der Waals surface area contributed by atoms with Crippen LogP contribution >= 0.6 is 0 Å². The van der Waals surface area contributed by atoms with Crippen LogP contribution in [0, 0.1) is 5.92 Å². The zero-order chi connectivity index (χ0) is 8.27. The Labute approximate surface area is 69.4 Å². The van der Waals surface area contributed by atoms with Crippen LogP contribution in [0.5, 0.6) is 0 Å². The van der Waals surface area contributed by atoms with Gasteiger partial charge in [0.05, 0.1) is 0 Å². The van der Waals surface area contributed by atoms with Gasteiger partial charge in [0.15, 0.2) is 0 Å². The molecule has 1 saturated heterocycles. The molecule has 0 unspecified atom stereocenters. The van der Waals surface area contributed by atoms with Gasteiger partial charge in [-0.15, -0.1) is 0 Å². The van der Waals surface area contributed by atoms with Gasteiger partial charge in [0.25, 0.3) is 0 Å². The first-order valence-electron chi connectivity index (χ1n) is 4.34. The van der Waals surface area contributed by atoms with Crippen molar-refractivity contribution in [1.29, 1.82) is 0 Å². The van der Waals surface area contributed by atoms with Crippen LogP contribution in [0.3, 0.4) is 0 Å². The summed E-state index contributed by atoms with van der Waals surface area (Å²) in [7, 11) is 0. The highest BCUT2D eigenvalue weighted by Gasteiger charge is 2.20. The summed E-state index contributed by atoms with van der Waals surface area (Å²) in [6, 6.07) is 0. The SMILES string of the molecule is C=CC(=C)N1CC[C@H](CC)C1. The van der Waals surface area contributed by atoms with Crippen LogP contribution in [0.15, 0.2) is 24.9 Å². The van der Waals surface area contributed by atoms with Crippen LogP contribution in [-0.2, 0) is 0 Å². The maximum atomic E-state index is 3.93. The molecule has 0 aromatic carbocycles. The van der Waals surface area contributed by atoms with Crippen LogP contribution < -0.4 is 0 Å². The normalized spacial score (nSPS) is 23.7. The van der Waals surface area contributed by atoms with Gasteiger partial charge in [0, 0.05) is 18.8 Å². The van der Waals surface area contributed by atoms with E-state index in [1.54, 1.807) is 0 Å². The van der Waals surface area contributed by atoms with E-state index < -0.39 is 0 Å². The molecule has 0 N–H and O–H groups in total. The predicted octanol–water partition coefficient (Wildman–Crippen LogP) is 2.42. The predicted molar refractivity (Wildman–Crippen MR) is 49.3 cm³/mol. The zero-order valence-electron chi connectivity index (χ0n) is 7.34. The molecule has 1 fully saturated rings. The van der Waals surface area contributed by atoms with Crippen molar-refractivity contribution in [3.8, 4) is 0 Å². The van der Waals surface area contributed by atoms with Crippen molar-refractivity contribution in [3.63, 3.8) is 0 Å². The second kappa shape index (κ2) is 3.61. The summed E-state index contributed by atoms with van der Waals surface area (Å²) in [6.07, 6.45) is 4.46. The maximum Gasteiger partial charge on any atom is 0.0287 e. The number of allylic oxidation sites excluding steroid dienone is 1. The van der Waals surface area contributed by atoms with Gasteiger partial charge in [0.1, 0.15) is 0 Å². The molecule has 11 heavy (non-hydrogen) atoms. The van der Waals surface area contributed by atoms with E-state index in [1.807, 2.05) is 6.08 Å². The van der Waals surface area contributed by atoms with Gasteiger partial charge in [-0.25, -0.2) is 0 Å². The Morgan fingerprint density at radius 1 is 1.73 bits per heavy atom. The van der Waals surface area contributed by atoms with E-state index in [4.69, 9.17) is 0 Å². The van der Waals surface area contributed by atoms with Gasteiger partial charge in [-0.3, -0.25) is 0 Å². The first kappa shape index (κ1) is 8.38. The molecule has 0 amide bonds. The van der Waals surface area contributed by atoms with Crippen LogP contribution in [0.1, 0.15) is 19.8 Å². The lowest BCUT2D eigenvalue weighted by molar-refractivity contribution is 0.413. The van der Waals surface area contributed by atoms with E-state index in [2.05, 4.69) is 25.0 Å². The molecule has 1 atom stereocenters. The fourth-order valence-corrected chi connectivity index (χ4v) is 1.56. The highest BCUT2D eigenvalue weighted by Crippen LogP contribution is 2.21. The van der Waals surface area contributed by atoms with Gasteiger partial charge >= 0.3 is 0 Å². The molecule has 0 spiro atoms. The van der Waals surface area contributed by atoms with Crippen molar-refractivity contribution in [2.45, 2.75) is 19.8 Å². The van der Waals surface area contributed by atoms with E-state index in [0.29, 0.717) is 0 Å². The third kappa shape index (κ3) is 1.86. The van der Waals surface area contributed by atoms with Crippen molar-refractivity contribution in [3.05, 3.63) is 24.9 Å². The number of likely N-dealkylation sites (tertiary alicyclic amines) is 1. The summed E-state index contributed by atoms with van der Waals surface area (Å²) in [5.41, 5.74) is 1.08. The molecule has 0 aromatic rings. The minimum Gasteiger partial charge on any atom is -0.372 e.